The number of urea groups is 1. The average Bonchev–Trinajstić information content (AvgIpc) is 3.04. The number of hydrogen-bond donors (Lipinski definition) is 1. The van der Waals surface area contributed by atoms with Crippen molar-refractivity contribution in [2.45, 2.75) is 32.8 Å². The van der Waals surface area contributed by atoms with Gasteiger partial charge in [-0.1, -0.05) is 6.92 Å². The number of hydrogen-bond acceptors (Lipinski definition) is 3. The van der Waals surface area contributed by atoms with Crippen molar-refractivity contribution in [3.05, 3.63) is 0 Å². The smallest absolute Gasteiger partial charge is 0.320 e. The number of carboxylic acid groups (broad SMARTS) is 1. The minimum Gasteiger partial charge on any atom is -0.481 e. The van der Waals surface area contributed by atoms with Crippen LogP contribution in [0.15, 0.2) is 0 Å². The van der Waals surface area contributed by atoms with E-state index in [1.165, 1.54) is 0 Å². The van der Waals surface area contributed by atoms with Crippen molar-refractivity contribution >= 4 is 12.0 Å². The molecule has 1 N–H and O–H groups in total. The highest BCUT2D eigenvalue weighted by molar-refractivity contribution is 5.77. The summed E-state index contributed by atoms with van der Waals surface area (Å²) >= 11 is 0. The largest absolute Gasteiger partial charge is 0.481 e. The summed E-state index contributed by atoms with van der Waals surface area (Å²) in [6, 6.07) is -0.0569. The molecule has 6 nitrogen and oxygen atoms in total. The maximum Gasteiger partial charge on any atom is 0.320 e. The van der Waals surface area contributed by atoms with Gasteiger partial charge in [0.15, 0.2) is 0 Å². The molecule has 2 saturated heterocycles. The number of nitrogens with zero attached hydrogens (tertiary/aromatic N) is 2. The van der Waals surface area contributed by atoms with E-state index in [9.17, 15) is 9.59 Å². The summed E-state index contributed by atoms with van der Waals surface area (Å²) in [7, 11) is 0. The summed E-state index contributed by atoms with van der Waals surface area (Å²) in [4.78, 5) is 27.0. The molecule has 2 amide bonds. The highest BCUT2D eigenvalue weighted by Crippen LogP contribution is 2.24. The first-order valence-electron chi connectivity index (χ1n) is 7.41. The number of rotatable bonds is 4. The predicted octanol–water partition coefficient (Wildman–Crippen LogP) is 1.26. The second-order valence-corrected chi connectivity index (χ2v) is 5.78. The van der Waals surface area contributed by atoms with E-state index in [4.69, 9.17) is 9.84 Å². The predicted molar refractivity (Wildman–Crippen MR) is 73.5 cm³/mol. The Morgan fingerprint density at radius 1 is 1.40 bits per heavy atom. The molecule has 0 aromatic rings. The molecule has 3 unspecified atom stereocenters. The lowest BCUT2D eigenvalue weighted by Crippen LogP contribution is -2.45. The van der Waals surface area contributed by atoms with Gasteiger partial charge in [-0.2, -0.15) is 0 Å². The van der Waals surface area contributed by atoms with E-state index in [0.29, 0.717) is 26.2 Å². The van der Waals surface area contributed by atoms with E-state index in [1.807, 2.05) is 13.8 Å². The van der Waals surface area contributed by atoms with Gasteiger partial charge in [0.1, 0.15) is 0 Å². The average molecular weight is 284 g/mol. The van der Waals surface area contributed by atoms with Crippen LogP contribution >= 0.6 is 0 Å². The number of ether oxygens (including phenoxy) is 1. The van der Waals surface area contributed by atoms with E-state index >= 15 is 0 Å². The van der Waals surface area contributed by atoms with Crippen molar-refractivity contribution < 1.29 is 19.4 Å². The van der Waals surface area contributed by atoms with Crippen LogP contribution in [0.5, 0.6) is 0 Å². The van der Waals surface area contributed by atoms with Crippen LogP contribution in [0.1, 0.15) is 26.7 Å². The van der Waals surface area contributed by atoms with Gasteiger partial charge in [0.05, 0.1) is 12.0 Å². The summed E-state index contributed by atoms with van der Waals surface area (Å²) in [6.07, 6.45) is 2.19. The molecule has 0 saturated carbocycles. The Labute approximate surface area is 119 Å². The highest BCUT2D eigenvalue weighted by Gasteiger charge is 2.38. The topological polar surface area (TPSA) is 70.1 Å². The van der Waals surface area contributed by atoms with E-state index in [-0.39, 0.29) is 18.1 Å². The molecule has 2 rings (SSSR count). The van der Waals surface area contributed by atoms with Gasteiger partial charge in [-0.25, -0.2) is 4.79 Å². The van der Waals surface area contributed by atoms with Gasteiger partial charge in [-0.15, -0.1) is 0 Å². The summed E-state index contributed by atoms with van der Waals surface area (Å²) in [5.41, 5.74) is 0. The highest BCUT2D eigenvalue weighted by atomic mass is 16.5. The fraction of sp³-hybridized carbons (Fsp3) is 0.857. The first kappa shape index (κ1) is 15.1. The second kappa shape index (κ2) is 6.43. The van der Waals surface area contributed by atoms with E-state index in [2.05, 4.69) is 0 Å². The summed E-state index contributed by atoms with van der Waals surface area (Å²) in [6.45, 7) is 6.69. The summed E-state index contributed by atoms with van der Waals surface area (Å²) < 4.78 is 5.57. The molecule has 0 spiro atoms. The molecule has 20 heavy (non-hydrogen) atoms. The number of carboxylic acids is 1. The van der Waals surface area contributed by atoms with Crippen LogP contribution in [-0.4, -0.2) is 65.8 Å². The third kappa shape index (κ3) is 3.23. The van der Waals surface area contributed by atoms with E-state index in [0.717, 1.165) is 19.4 Å². The minimum absolute atomic E-state index is 0.0119. The van der Waals surface area contributed by atoms with Gasteiger partial charge in [-0.05, 0) is 25.7 Å². The zero-order valence-corrected chi connectivity index (χ0v) is 12.2. The molecule has 0 radical (unpaired) electrons. The Morgan fingerprint density at radius 3 is 2.65 bits per heavy atom. The fourth-order valence-electron chi connectivity index (χ4n) is 3.02. The standard InChI is InChI=1S/C14H24N2O4/c1-3-15(8-11-5-4-6-20-11)14(19)16-7-10(2)12(9-16)13(17)18/h10-12H,3-9H2,1-2H3,(H,17,18). The molecule has 6 heteroatoms. The van der Waals surface area contributed by atoms with E-state index < -0.39 is 11.9 Å². The Balaban J connectivity index is 1.93. The second-order valence-electron chi connectivity index (χ2n) is 5.78. The summed E-state index contributed by atoms with van der Waals surface area (Å²) in [5, 5.41) is 9.14. The zero-order chi connectivity index (χ0) is 14.7. The van der Waals surface area contributed by atoms with Gasteiger partial charge >= 0.3 is 12.0 Å². The third-order valence-corrected chi connectivity index (χ3v) is 4.30. The normalized spacial score (nSPS) is 29.7. The molecule has 0 aromatic carbocycles. The molecule has 0 bridgehead atoms. The number of amides is 2. The van der Waals surface area contributed by atoms with Crippen molar-refractivity contribution in [1.82, 2.24) is 9.80 Å². The third-order valence-electron chi connectivity index (χ3n) is 4.30. The first-order chi connectivity index (χ1) is 9.52. The van der Waals surface area contributed by atoms with Crippen LogP contribution in [0.4, 0.5) is 4.79 Å². The number of carbonyl (C=O) groups excluding carboxylic acids is 1. The SMILES string of the molecule is CCN(CC1CCCO1)C(=O)N1CC(C)C(C(=O)O)C1. The quantitative estimate of drug-likeness (QED) is 0.843. The molecule has 2 aliphatic rings. The van der Waals surface area contributed by atoms with Crippen LogP contribution in [0, 0.1) is 11.8 Å². The van der Waals surface area contributed by atoms with Crippen LogP contribution < -0.4 is 0 Å². The minimum atomic E-state index is -0.810. The maximum atomic E-state index is 12.5. The molecule has 2 fully saturated rings. The van der Waals surface area contributed by atoms with Crippen LogP contribution in [-0.2, 0) is 9.53 Å². The lowest BCUT2D eigenvalue weighted by atomic mass is 9.99. The van der Waals surface area contributed by atoms with Gasteiger partial charge in [0.25, 0.3) is 0 Å². The lowest BCUT2D eigenvalue weighted by molar-refractivity contribution is -0.142. The Kier molecular flexibility index (Phi) is 4.86. The molecule has 2 heterocycles. The van der Waals surface area contributed by atoms with Gasteiger partial charge in [0.2, 0.25) is 0 Å². The van der Waals surface area contributed by atoms with Crippen LogP contribution in [0.25, 0.3) is 0 Å². The Hall–Kier alpha value is -1.30. The molecule has 2 aliphatic heterocycles. The Morgan fingerprint density at radius 2 is 2.15 bits per heavy atom. The number of carbonyl (C=O) groups is 2. The first-order valence-corrected chi connectivity index (χ1v) is 7.41. The Bertz CT molecular complexity index is 368. The van der Waals surface area contributed by atoms with Crippen molar-refractivity contribution in [3.8, 4) is 0 Å². The van der Waals surface area contributed by atoms with Crippen LogP contribution in [0.3, 0.4) is 0 Å². The fourth-order valence-corrected chi connectivity index (χ4v) is 3.02. The van der Waals surface area contributed by atoms with Crippen molar-refractivity contribution in [3.63, 3.8) is 0 Å². The van der Waals surface area contributed by atoms with Gasteiger partial charge in [-0.3, -0.25) is 4.79 Å². The maximum absolute atomic E-state index is 12.5. The van der Waals surface area contributed by atoms with Crippen LogP contribution in [0.2, 0.25) is 0 Å². The summed E-state index contributed by atoms with van der Waals surface area (Å²) in [5.74, 6) is -1.24. The zero-order valence-electron chi connectivity index (χ0n) is 12.2. The molecule has 0 aromatic heterocycles. The molecular formula is C14H24N2O4. The van der Waals surface area contributed by atoms with E-state index in [1.54, 1.807) is 9.80 Å². The lowest BCUT2D eigenvalue weighted by Gasteiger charge is -2.29. The number of likely N-dealkylation sites (tertiary alicyclic amines) is 1. The number of likely N-dealkylation sites (N-methyl/N-ethyl adjacent to an activating group) is 1. The monoisotopic (exact) mass is 284 g/mol. The van der Waals surface area contributed by atoms with Crippen molar-refractivity contribution in [2.75, 3.05) is 32.8 Å². The molecule has 114 valence electrons. The van der Waals surface area contributed by atoms with Crippen molar-refractivity contribution in [2.24, 2.45) is 11.8 Å². The van der Waals surface area contributed by atoms with Crippen molar-refractivity contribution in [1.29, 1.82) is 0 Å². The number of aliphatic carboxylic acids is 1. The molecule has 3 atom stereocenters. The molecular weight excluding hydrogens is 260 g/mol. The van der Waals surface area contributed by atoms with Gasteiger partial charge in [0, 0.05) is 32.8 Å². The molecule has 0 aliphatic carbocycles. The van der Waals surface area contributed by atoms with Gasteiger partial charge < -0.3 is 19.6 Å².